The molecule has 2 nitrogen and oxygen atoms in total. The first-order valence-corrected chi connectivity index (χ1v) is 6.75. The Morgan fingerprint density at radius 3 is 2.50 bits per heavy atom. The van der Waals surface area contributed by atoms with Crippen molar-refractivity contribution in [3.05, 3.63) is 64.4 Å². The summed E-state index contributed by atoms with van der Waals surface area (Å²) in [5, 5.41) is 0. The van der Waals surface area contributed by atoms with Crippen molar-refractivity contribution in [2.24, 2.45) is 0 Å². The Labute approximate surface area is 125 Å². The molecule has 0 amide bonds. The molecule has 0 fully saturated rings. The van der Waals surface area contributed by atoms with E-state index < -0.39 is 5.82 Å². The van der Waals surface area contributed by atoms with Gasteiger partial charge in [0.05, 0.1) is 0 Å². The summed E-state index contributed by atoms with van der Waals surface area (Å²) in [5.74, 6) is 0.258. The minimum absolute atomic E-state index is 0.0118. The maximum Gasteiger partial charge on any atom is 0.166 e. The standard InChI is InChI=1S/C16H12BrFO2/c1-11(19)2-3-12-4-7-14(8-5-12)20-16-9-6-13(17)10-15(16)18/h2-10H,1H3/b3-2+. The van der Waals surface area contributed by atoms with Gasteiger partial charge in [-0.3, -0.25) is 4.79 Å². The average Bonchev–Trinajstić information content (AvgIpc) is 2.41. The van der Waals surface area contributed by atoms with Crippen LogP contribution in [0.25, 0.3) is 6.08 Å². The lowest BCUT2D eigenvalue weighted by Gasteiger charge is -2.07. The third-order valence-corrected chi connectivity index (χ3v) is 3.01. The number of ketones is 1. The zero-order valence-corrected chi connectivity index (χ0v) is 12.4. The van der Waals surface area contributed by atoms with Gasteiger partial charge in [-0.2, -0.15) is 0 Å². The van der Waals surface area contributed by atoms with E-state index in [1.54, 1.807) is 42.5 Å². The van der Waals surface area contributed by atoms with Gasteiger partial charge in [0.1, 0.15) is 5.75 Å². The Hall–Kier alpha value is -1.94. The molecule has 0 atom stereocenters. The van der Waals surface area contributed by atoms with Gasteiger partial charge in [0.15, 0.2) is 17.3 Å². The van der Waals surface area contributed by atoms with Gasteiger partial charge >= 0.3 is 0 Å². The van der Waals surface area contributed by atoms with Crippen LogP contribution in [0.2, 0.25) is 0 Å². The Morgan fingerprint density at radius 2 is 1.90 bits per heavy atom. The molecule has 0 N–H and O–H groups in total. The Morgan fingerprint density at radius 1 is 1.20 bits per heavy atom. The number of allylic oxidation sites excluding steroid dienone is 1. The zero-order chi connectivity index (χ0) is 14.5. The minimum atomic E-state index is -0.431. The van der Waals surface area contributed by atoms with E-state index in [0.29, 0.717) is 10.2 Å². The summed E-state index contributed by atoms with van der Waals surface area (Å²) in [7, 11) is 0. The molecule has 20 heavy (non-hydrogen) atoms. The van der Waals surface area contributed by atoms with Crippen molar-refractivity contribution >= 4 is 27.8 Å². The largest absolute Gasteiger partial charge is 0.454 e. The van der Waals surface area contributed by atoms with Crippen molar-refractivity contribution in [2.45, 2.75) is 6.92 Å². The maximum absolute atomic E-state index is 13.6. The lowest BCUT2D eigenvalue weighted by molar-refractivity contribution is -0.112. The smallest absolute Gasteiger partial charge is 0.166 e. The number of halogens is 2. The van der Waals surface area contributed by atoms with Crippen LogP contribution in [0.1, 0.15) is 12.5 Å². The third kappa shape index (κ3) is 4.03. The predicted octanol–water partition coefficient (Wildman–Crippen LogP) is 4.98. The van der Waals surface area contributed by atoms with E-state index in [1.807, 2.05) is 0 Å². The van der Waals surface area contributed by atoms with Crippen LogP contribution in [0.15, 0.2) is 53.0 Å². The highest BCUT2D eigenvalue weighted by Gasteiger charge is 2.05. The molecule has 0 aromatic heterocycles. The molecule has 2 aromatic carbocycles. The fourth-order valence-electron chi connectivity index (χ4n) is 1.55. The summed E-state index contributed by atoms with van der Waals surface area (Å²) in [6.07, 6.45) is 3.20. The number of ether oxygens (including phenoxy) is 1. The molecule has 0 aliphatic heterocycles. The highest BCUT2D eigenvalue weighted by molar-refractivity contribution is 9.10. The second kappa shape index (κ2) is 6.48. The Bertz CT molecular complexity index is 648. The predicted molar refractivity (Wildman–Crippen MR) is 80.3 cm³/mol. The lowest BCUT2D eigenvalue weighted by Crippen LogP contribution is -1.88. The molecule has 0 aliphatic carbocycles. The summed E-state index contributed by atoms with van der Waals surface area (Å²) in [6.45, 7) is 1.49. The molecule has 0 unspecified atom stereocenters. The van der Waals surface area contributed by atoms with E-state index in [2.05, 4.69) is 15.9 Å². The fourth-order valence-corrected chi connectivity index (χ4v) is 1.88. The van der Waals surface area contributed by atoms with Crippen LogP contribution >= 0.6 is 15.9 Å². The first kappa shape index (κ1) is 14.5. The molecule has 0 saturated carbocycles. The molecule has 4 heteroatoms. The molecule has 2 rings (SSSR count). The Balaban J connectivity index is 2.12. The normalized spacial score (nSPS) is 10.8. The van der Waals surface area contributed by atoms with Crippen molar-refractivity contribution in [3.8, 4) is 11.5 Å². The topological polar surface area (TPSA) is 26.3 Å². The maximum atomic E-state index is 13.6. The summed E-state index contributed by atoms with van der Waals surface area (Å²) in [4.78, 5) is 10.8. The molecule has 0 saturated heterocycles. The van der Waals surface area contributed by atoms with E-state index in [9.17, 15) is 9.18 Å². The van der Waals surface area contributed by atoms with E-state index >= 15 is 0 Å². The highest BCUT2D eigenvalue weighted by Crippen LogP contribution is 2.27. The van der Waals surface area contributed by atoms with Gasteiger partial charge in [-0.05, 0) is 48.9 Å². The second-order valence-electron chi connectivity index (χ2n) is 4.19. The molecule has 0 bridgehead atoms. The molecule has 0 heterocycles. The molecular weight excluding hydrogens is 323 g/mol. The number of hydrogen-bond donors (Lipinski definition) is 0. The number of benzene rings is 2. The van der Waals surface area contributed by atoms with Gasteiger partial charge in [-0.1, -0.05) is 34.1 Å². The lowest BCUT2D eigenvalue weighted by atomic mass is 10.2. The van der Waals surface area contributed by atoms with Gasteiger partial charge in [0.25, 0.3) is 0 Å². The van der Waals surface area contributed by atoms with Crippen LogP contribution in [-0.4, -0.2) is 5.78 Å². The number of carbonyl (C=O) groups excluding carboxylic acids is 1. The quantitative estimate of drug-likeness (QED) is 0.737. The average molecular weight is 335 g/mol. The van der Waals surface area contributed by atoms with Gasteiger partial charge < -0.3 is 4.74 Å². The van der Waals surface area contributed by atoms with Crippen LogP contribution in [0.3, 0.4) is 0 Å². The van der Waals surface area contributed by atoms with Crippen LogP contribution < -0.4 is 4.74 Å². The van der Waals surface area contributed by atoms with Crippen LogP contribution in [0, 0.1) is 5.82 Å². The number of carbonyl (C=O) groups is 1. The number of rotatable bonds is 4. The third-order valence-electron chi connectivity index (χ3n) is 2.51. The fraction of sp³-hybridized carbons (Fsp3) is 0.0625. The van der Waals surface area contributed by atoms with Gasteiger partial charge in [0.2, 0.25) is 0 Å². The van der Waals surface area contributed by atoms with E-state index in [1.165, 1.54) is 19.1 Å². The molecule has 0 spiro atoms. The van der Waals surface area contributed by atoms with Crippen LogP contribution in [0.5, 0.6) is 11.5 Å². The molecular formula is C16H12BrFO2. The van der Waals surface area contributed by atoms with Crippen molar-refractivity contribution in [3.63, 3.8) is 0 Å². The second-order valence-corrected chi connectivity index (χ2v) is 5.11. The zero-order valence-electron chi connectivity index (χ0n) is 10.8. The SMILES string of the molecule is CC(=O)/C=C/c1ccc(Oc2ccc(Br)cc2F)cc1. The van der Waals surface area contributed by atoms with Gasteiger partial charge in [-0.25, -0.2) is 4.39 Å². The van der Waals surface area contributed by atoms with E-state index in [-0.39, 0.29) is 11.5 Å². The molecule has 102 valence electrons. The van der Waals surface area contributed by atoms with E-state index in [0.717, 1.165) is 5.56 Å². The minimum Gasteiger partial charge on any atom is -0.454 e. The monoisotopic (exact) mass is 334 g/mol. The van der Waals surface area contributed by atoms with E-state index in [4.69, 9.17) is 4.74 Å². The van der Waals surface area contributed by atoms with Gasteiger partial charge in [-0.15, -0.1) is 0 Å². The molecule has 0 aliphatic rings. The highest BCUT2D eigenvalue weighted by atomic mass is 79.9. The van der Waals surface area contributed by atoms with Crippen molar-refractivity contribution in [1.82, 2.24) is 0 Å². The summed E-state index contributed by atoms with van der Waals surface area (Å²) in [6, 6.07) is 11.7. The summed E-state index contributed by atoms with van der Waals surface area (Å²) in [5.41, 5.74) is 0.879. The Kier molecular flexibility index (Phi) is 4.69. The van der Waals surface area contributed by atoms with Crippen molar-refractivity contribution in [2.75, 3.05) is 0 Å². The first-order valence-electron chi connectivity index (χ1n) is 5.96. The van der Waals surface area contributed by atoms with Crippen LogP contribution in [0.4, 0.5) is 4.39 Å². The summed E-state index contributed by atoms with van der Waals surface area (Å²) >= 11 is 3.19. The van der Waals surface area contributed by atoms with Crippen LogP contribution in [-0.2, 0) is 4.79 Å². The van der Waals surface area contributed by atoms with Crippen molar-refractivity contribution in [1.29, 1.82) is 0 Å². The molecule has 2 aromatic rings. The molecule has 0 radical (unpaired) electrons. The van der Waals surface area contributed by atoms with Gasteiger partial charge in [0, 0.05) is 4.47 Å². The summed E-state index contributed by atoms with van der Waals surface area (Å²) < 4.78 is 19.7. The number of hydrogen-bond acceptors (Lipinski definition) is 2. The first-order chi connectivity index (χ1) is 9.54. The van der Waals surface area contributed by atoms with Crippen molar-refractivity contribution < 1.29 is 13.9 Å².